The Morgan fingerprint density at radius 3 is 2.09 bits per heavy atom. The predicted octanol–water partition coefficient (Wildman–Crippen LogP) is 12.1. The van der Waals surface area contributed by atoms with Crippen LogP contribution >= 0.6 is 0 Å². The minimum absolute atomic E-state index is 0.0459. The number of rotatable bonds is 20. The van der Waals surface area contributed by atoms with Crippen molar-refractivity contribution in [2.45, 2.75) is 194 Å². The van der Waals surface area contributed by atoms with Crippen LogP contribution in [0.5, 0.6) is 0 Å². The molecule has 1 unspecified atom stereocenters. The Morgan fingerprint density at radius 1 is 0.761 bits per heavy atom. The van der Waals surface area contributed by atoms with Gasteiger partial charge < -0.3 is 9.84 Å². The second-order valence-electron chi connectivity index (χ2n) is 17.0. The Morgan fingerprint density at radius 2 is 1.39 bits per heavy atom. The highest BCUT2D eigenvalue weighted by atomic mass is 16.5. The van der Waals surface area contributed by atoms with Gasteiger partial charge in [0, 0.05) is 12.8 Å². The van der Waals surface area contributed by atoms with E-state index in [4.69, 9.17) is 4.74 Å². The summed E-state index contributed by atoms with van der Waals surface area (Å²) in [6.45, 7) is 9.77. The minimum Gasteiger partial charge on any atom is -0.481 e. The lowest BCUT2D eigenvalue weighted by Crippen LogP contribution is -2.54. The third-order valence-electron chi connectivity index (χ3n) is 14.1. The van der Waals surface area contributed by atoms with Gasteiger partial charge in [-0.3, -0.25) is 9.59 Å². The molecule has 4 aliphatic carbocycles. The molecule has 4 nitrogen and oxygen atoms in total. The molecule has 0 saturated heterocycles. The Balaban J connectivity index is 1.10. The quantitative estimate of drug-likeness (QED) is 0.0817. The molecule has 0 amide bonds. The van der Waals surface area contributed by atoms with Gasteiger partial charge in [-0.15, -0.1) is 0 Å². The highest BCUT2D eigenvalue weighted by molar-refractivity contribution is 5.69. The average molecular weight is 641 g/mol. The van der Waals surface area contributed by atoms with E-state index < -0.39 is 5.97 Å². The van der Waals surface area contributed by atoms with Crippen LogP contribution in [0.4, 0.5) is 0 Å². The van der Waals surface area contributed by atoms with Crippen LogP contribution in [-0.4, -0.2) is 23.1 Å². The maximum Gasteiger partial charge on any atom is 0.306 e. The summed E-state index contributed by atoms with van der Waals surface area (Å²) in [6.07, 6.45) is 34.5. The molecular weight excluding hydrogens is 568 g/mol. The molecule has 4 aliphatic rings. The number of carbonyl (C=O) groups is 2. The molecule has 4 fully saturated rings. The first-order valence-corrected chi connectivity index (χ1v) is 20.2. The lowest BCUT2D eigenvalue weighted by Gasteiger charge is -2.61. The zero-order valence-electron chi connectivity index (χ0n) is 30.5. The van der Waals surface area contributed by atoms with E-state index in [2.05, 4.69) is 39.8 Å². The molecule has 264 valence electrons. The smallest absolute Gasteiger partial charge is 0.306 e. The van der Waals surface area contributed by atoms with Crippen molar-refractivity contribution < 1.29 is 19.4 Å². The van der Waals surface area contributed by atoms with E-state index in [0.717, 1.165) is 49.9 Å². The Hall–Kier alpha value is -1.32. The van der Waals surface area contributed by atoms with Crippen molar-refractivity contribution in [1.29, 1.82) is 0 Å². The summed E-state index contributed by atoms with van der Waals surface area (Å²) in [6, 6.07) is 0. The standard InChI is InChI=1S/C42H72O4/c1-5-6-7-8-9-10-11-12-13-14-15-16-17-18-19-20-40(45)46-34-27-29-41(3)33(31-34)22-23-35-37-25-24-36(32(2)21-26-39(43)44)42(37,4)30-28-38(35)41/h11-12,32-38H,5-10,13-31H2,1-4H3,(H,43,44)/b12-11-/t32-,33?,34-,35+,36-,37+,38+,41+,42-/m1/s1. The molecule has 0 aromatic rings. The topological polar surface area (TPSA) is 63.6 Å². The third kappa shape index (κ3) is 9.87. The lowest BCUT2D eigenvalue weighted by atomic mass is 9.44. The van der Waals surface area contributed by atoms with E-state index in [0.29, 0.717) is 41.4 Å². The number of unbranched alkanes of at least 4 members (excludes halogenated alkanes) is 11. The van der Waals surface area contributed by atoms with Crippen LogP contribution in [0, 0.1) is 46.3 Å². The zero-order chi connectivity index (χ0) is 33.0. The number of aliphatic carboxylic acids is 1. The van der Waals surface area contributed by atoms with Gasteiger partial charge >= 0.3 is 11.9 Å². The van der Waals surface area contributed by atoms with Gasteiger partial charge in [0.15, 0.2) is 0 Å². The molecule has 0 aromatic heterocycles. The van der Waals surface area contributed by atoms with Crippen molar-refractivity contribution in [3.05, 3.63) is 12.2 Å². The fraction of sp³-hybridized carbons (Fsp3) is 0.905. The molecule has 9 atom stereocenters. The number of ether oxygens (including phenoxy) is 1. The largest absolute Gasteiger partial charge is 0.481 e. The third-order valence-corrected chi connectivity index (χ3v) is 14.1. The van der Waals surface area contributed by atoms with E-state index in [9.17, 15) is 14.7 Å². The Labute approximate surface area is 283 Å². The summed E-state index contributed by atoms with van der Waals surface area (Å²) < 4.78 is 6.12. The molecule has 46 heavy (non-hydrogen) atoms. The van der Waals surface area contributed by atoms with Gasteiger partial charge in [0.2, 0.25) is 0 Å². The van der Waals surface area contributed by atoms with Crippen LogP contribution in [0.15, 0.2) is 12.2 Å². The van der Waals surface area contributed by atoms with Gasteiger partial charge in [-0.2, -0.15) is 0 Å². The van der Waals surface area contributed by atoms with Crippen LogP contribution in [-0.2, 0) is 14.3 Å². The SMILES string of the molecule is CCCCCCC/C=C\CCCCCCCCC(=O)O[C@@H]1CC[C@@]2(C)C(CC[C@H]3[C@@H]4CC[C@H]([C@H](C)CCC(=O)O)[C@@]4(C)CC[C@@H]32)C1. The van der Waals surface area contributed by atoms with E-state index in [1.807, 2.05) is 0 Å². The van der Waals surface area contributed by atoms with Crippen molar-refractivity contribution in [3.8, 4) is 0 Å². The van der Waals surface area contributed by atoms with Gasteiger partial charge in [0.05, 0.1) is 0 Å². The molecule has 0 aliphatic heterocycles. The molecular formula is C42H72O4. The summed E-state index contributed by atoms with van der Waals surface area (Å²) in [5.74, 6) is 3.73. The number of carbonyl (C=O) groups excluding carboxylic acids is 1. The van der Waals surface area contributed by atoms with Gasteiger partial charge in [-0.05, 0) is 143 Å². The molecule has 0 heterocycles. The number of fused-ring (bicyclic) bond motifs is 5. The number of hydrogen-bond donors (Lipinski definition) is 1. The molecule has 4 saturated carbocycles. The Bertz CT molecular complexity index is 957. The number of carboxylic acids is 1. The number of allylic oxidation sites excluding steroid dienone is 2. The molecule has 0 radical (unpaired) electrons. The number of carboxylic acid groups (broad SMARTS) is 1. The van der Waals surface area contributed by atoms with Crippen LogP contribution in [0.3, 0.4) is 0 Å². The van der Waals surface area contributed by atoms with Crippen molar-refractivity contribution in [2.75, 3.05) is 0 Å². The van der Waals surface area contributed by atoms with Gasteiger partial charge in [-0.1, -0.05) is 91.2 Å². The Kier molecular flexibility index (Phi) is 15.0. The maximum atomic E-state index is 12.8. The van der Waals surface area contributed by atoms with Crippen molar-refractivity contribution in [2.24, 2.45) is 46.3 Å². The van der Waals surface area contributed by atoms with Gasteiger partial charge in [0.1, 0.15) is 6.10 Å². The molecule has 4 heteroatoms. The van der Waals surface area contributed by atoms with Crippen LogP contribution in [0.2, 0.25) is 0 Å². The number of hydrogen-bond acceptors (Lipinski definition) is 3. The normalized spacial score (nSPS) is 34.5. The van der Waals surface area contributed by atoms with Gasteiger partial charge in [0.25, 0.3) is 0 Å². The van der Waals surface area contributed by atoms with Crippen molar-refractivity contribution in [1.82, 2.24) is 0 Å². The second kappa shape index (κ2) is 18.4. The fourth-order valence-corrected chi connectivity index (χ4v) is 11.4. The van der Waals surface area contributed by atoms with E-state index in [1.54, 1.807) is 0 Å². The second-order valence-corrected chi connectivity index (χ2v) is 17.0. The van der Waals surface area contributed by atoms with Gasteiger partial charge in [-0.25, -0.2) is 0 Å². The van der Waals surface area contributed by atoms with E-state index in [-0.39, 0.29) is 12.1 Å². The van der Waals surface area contributed by atoms with E-state index >= 15 is 0 Å². The molecule has 0 spiro atoms. The molecule has 4 rings (SSSR count). The highest BCUT2D eigenvalue weighted by Gasteiger charge is 2.60. The van der Waals surface area contributed by atoms with E-state index in [1.165, 1.54) is 116 Å². The summed E-state index contributed by atoms with van der Waals surface area (Å²) in [5.41, 5.74) is 0.781. The van der Waals surface area contributed by atoms with Crippen molar-refractivity contribution in [3.63, 3.8) is 0 Å². The van der Waals surface area contributed by atoms with Crippen molar-refractivity contribution >= 4 is 11.9 Å². The monoisotopic (exact) mass is 641 g/mol. The first kappa shape index (κ1) is 37.5. The number of esters is 1. The minimum atomic E-state index is -0.647. The molecule has 0 aromatic carbocycles. The summed E-state index contributed by atoms with van der Waals surface area (Å²) in [7, 11) is 0. The van der Waals surface area contributed by atoms with Crippen LogP contribution in [0.25, 0.3) is 0 Å². The summed E-state index contributed by atoms with van der Waals surface area (Å²) in [5, 5.41) is 9.26. The maximum absolute atomic E-state index is 12.8. The zero-order valence-corrected chi connectivity index (χ0v) is 30.5. The first-order valence-electron chi connectivity index (χ1n) is 20.2. The molecule has 0 bridgehead atoms. The average Bonchev–Trinajstić information content (AvgIpc) is 3.39. The van der Waals surface area contributed by atoms with Crippen LogP contribution in [0.1, 0.15) is 188 Å². The predicted molar refractivity (Wildman–Crippen MR) is 191 cm³/mol. The summed E-state index contributed by atoms with van der Waals surface area (Å²) >= 11 is 0. The fourth-order valence-electron chi connectivity index (χ4n) is 11.4. The highest BCUT2D eigenvalue weighted by Crippen LogP contribution is 2.68. The lowest BCUT2D eigenvalue weighted by molar-refractivity contribution is -0.162. The van der Waals surface area contributed by atoms with Crippen LogP contribution < -0.4 is 0 Å². The summed E-state index contributed by atoms with van der Waals surface area (Å²) in [4.78, 5) is 24.0. The molecule has 1 N–H and O–H groups in total. The first-order chi connectivity index (χ1) is 22.2.